The third-order valence-corrected chi connectivity index (χ3v) is 3.00. The Morgan fingerprint density at radius 2 is 2.41 bits per heavy atom. The molecule has 0 atom stereocenters. The van der Waals surface area contributed by atoms with Gasteiger partial charge < -0.3 is 10.0 Å². The number of hydrogen-bond donors (Lipinski definition) is 1. The minimum atomic E-state index is -0.127. The Morgan fingerprint density at radius 3 is 3.00 bits per heavy atom. The lowest BCUT2D eigenvalue weighted by Gasteiger charge is -2.19. The van der Waals surface area contributed by atoms with Crippen molar-refractivity contribution in [3.05, 3.63) is 23.2 Å². The van der Waals surface area contributed by atoms with E-state index in [1.165, 1.54) is 0 Å². The van der Waals surface area contributed by atoms with Gasteiger partial charge in [-0.3, -0.25) is 4.79 Å². The van der Waals surface area contributed by atoms with Gasteiger partial charge in [0, 0.05) is 13.1 Å². The molecule has 1 N–H and O–H groups in total. The van der Waals surface area contributed by atoms with Gasteiger partial charge in [0.05, 0.1) is 12.3 Å². The topological polar surface area (TPSA) is 66.3 Å². The maximum atomic E-state index is 12.2. The number of rotatable bonds is 7. The van der Waals surface area contributed by atoms with E-state index in [0.29, 0.717) is 18.0 Å². The summed E-state index contributed by atoms with van der Waals surface area (Å²) in [5.74, 6) is -0.127. The molecule has 5 nitrogen and oxygen atoms in total. The van der Waals surface area contributed by atoms with E-state index < -0.39 is 0 Å². The fourth-order valence-electron chi connectivity index (χ4n) is 1.47. The Hall–Kier alpha value is -1.27. The number of nitrogens with zero attached hydrogens (tertiary/aromatic N) is 3. The van der Waals surface area contributed by atoms with Gasteiger partial charge in [-0.1, -0.05) is 23.9 Å². The molecular weight excluding hydrogens is 238 g/mol. The van der Waals surface area contributed by atoms with E-state index in [-0.39, 0.29) is 12.5 Å². The maximum Gasteiger partial charge on any atom is 0.267 e. The molecular formula is C11H17N3O2S. The van der Waals surface area contributed by atoms with Crippen molar-refractivity contribution in [3.63, 3.8) is 0 Å². The summed E-state index contributed by atoms with van der Waals surface area (Å²) in [4.78, 5) is 14.3. The third kappa shape index (κ3) is 3.61. The summed E-state index contributed by atoms with van der Waals surface area (Å²) in [7, 11) is 0. The van der Waals surface area contributed by atoms with Crippen LogP contribution in [0.5, 0.6) is 0 Å². The lowest BCUT2D eigenvalue weighted by atomic mass is 10.2. The molecule has 1 aromatic heterocycles. The smallest absolute Gasteiger partial charge is 0.267 e. The van der Waals surface area contributed by atoms with Crippen LogP contribution in [-0.4, -0.2) is 45.2 Å². The molecule has 0 unspecified atom stereocenters. The molecule has 0 aromatic carbocycles. The summed E-state index contributed by atoms with van der Waals surface area (Å²) < 4.78 is 3.82. The number of aliphatic hydroxyl groups excluding tert-OH is 1. The molecule has 0 bridgehead atoms. The molecule has 1 heterocycles. The van der Waals surface area contributed by atoms with E-state index in [1.54, 1.807) is 11.0 Å². The van der Waals surface area contributed by atoms with Crippen LogP contribution in [0, 0.1) is 0 Å². The van der Waals surface area contributed by atoms with Gasteiger partial charge in [0.2, 0.25) is 0 Å². The van der Waals surface area contributed by atoms with Gasteiger partial charge in [0.15, 0.2) is 0 Å². The molecule has 0 aliphatic carbocycles. The molecule has 17 heavy (non-hydrogen) atoms. The van der Waals surface area contributed by atoms with Gasteiger partial charge in [0.25, 0.3) is 5.91 Å². The highest BCUT2D eigenvalue weighted by Crippen LogP contribution is 2.15. The molecule has 0 saturated heterocycles. The molecule has 0 spiro atoms. The van der Waals surface area contributed by atoms with Gasteiger partial charge in [-0.15, -0.1) is 11.7 Å². The number of aliphatic hydroxyl groups is 1. The van der Waals surface area contributed by atoms with Crippen LogP contribution in [0.4, 0.5) is 0 Å². The molecule has 6 heteroatoms. The Bertz CT molecular complexity index is 379. The van der Waals surface area contributed by atoms with Crippen molar-refractivity contribution in [2.24, 2.45) is 0 Å². The van der Waals surface area contributed by atoms with Gasteiger partial charge >= 0.3 is 0 Å². The lowest BCUT2D eigenvalue weighted by Crippen LogP contribution is -2.33. The zero-order valence-electron chi connectivity index (χ0n) is 9.93. The SMILES string of the molecule is C=CCN(CCO)C(=O)c1snnc1CCC. The van der Waals surface area contributed by atoms with Crippen LogP contribution >= 0.6 is 11.5 Å². The Balaban J connectivity index is 2.84. The van der Waals surface area contributed by atoms with Gasteiger partial charge in [0.1, 0.15) is 4.88 Å². The highest BCUT2D eigenvalue weighted by Gasteiger charge is 2.20. The average molecular weight is 255 g/mol. The Kier molecular flexibility index (Phi) is 5.79. The number of aryl methyl sites for hydroxylation is 1. The molecule has 1 aromatic rings. The zero-order chi connectivity index (χ0) is 12.7. The van der Waals surface area contributed by atoms with Crippen molar-refractivity contribution < 1.29 is 9.90 Å². The molecule has 0 radical (unpaired) electrons. The Morgan fingerprint density at radius 1 is 1.65 bits per heavy atom. The van der Waals surface area contributed by atoms with E-state index in [2.05, 4.69) is 16.2 Å². The quantitative estimate of drug-likeness (QED) is 0.741. The summed E-state index contributed by atoms with van der Waals surface area (Å²) >= 11 is 1.11. The van der Waals surface area contributed by atoms with Crippen molar-refractivity contribution in [2.45, 2.75) is 19.8 Å². The number of hydrogen-bond acceptors (Lipinski definition) is 5. The number of carbonyl (C=O) groups excluding carboxylic acids is 1. The summed E-state index contributed by atoms with van der Waals surface area (Å²) in [5.41, 5.74) is 0.745. The first-order valence-corrected chi connectivity index (χ1v) is 6.34. The van der Waals surface area contributed by atoms with Crippen molar-refractivity contribution in [1.29, 1.82) is 0 Å². The summed E-state index contributed by atoms with van der Waals surface area (Å²) in [6.07, 6.45) is 3.31. The van der Waals surface area contributed by atoms with Crippen molar-refractivity contribution in [1.82, 2.24) is 14.5 Å². The van der Waals surface area contributed by atoms with Crippen molar-refractivity contribution >= 4 is 17.4 Å². The van der Waals surface area contributed by atoms with Crippen LogP contribution in [0.2, 0.25) is 0 Å². The normalized spacial score (nSPS) is 10.2. The summed E-state index contributed by atoms with van der Waals surface area (Å²) in [5, 5.41) is 12.9. The second-order valence-corrected chi connectivity index (χ2v) is 4.32. The van der Waals surface area contributed by atoms with Gasteiger partial charge in [-0.05, 0) is 18.0 Å². The lowest BCUT2D eigenvalue weighted by molar-refractivity contribution is 0.0746. The molecule has 1 rings (SSSR count). The van der Waals surface area contributed by atoms with Gasteiger partial charge in [-0.25, -0.2) is 0 Å². The van der Waals surface area contributed by atoms with Crippen molar-refractivity contribution in [2.75, 3.05) is 19.7 Å². The Labute approximate surface area is 105 Å². The third-order valence-electron chi connectivity index (χ3n) is 2.24. The van der Waals surface area contributed by atoms with E-state index in [1.807, 2.05) is 6.92 Å². The largest absolute Gasteiger partial charge is 0.395 e. The first-order chi connectivity index (χ1) is 8.24. The fraction of sp³-hybridized carbons (Fsp3) is 0.545. The van der Waals surface area contributed by atoms with Crippen molar-refractivity contribution in [3.8, 4) is 0 Å². The molecule has 0 aliphatic rings. The first-order valence-electron chi connectivity index (χ1n) is 5.56. The van der Waals surface area contributed by atoms with E-state index in [9.17, 15) is 4.79 Å². The molecule has 94 valence electrons. The van der Waals surface area contributed by atoms with Crippen LogP contribution in [0.1, 0.15) is 28.7 Å². The molecule has 1 amide bonds. The molecule has 0 saturated carbocycles. The predicted octanol–water partition coefficient (Wildman–Crippen LogP) is 1.11. The van der Waals surface area contributed by atoms with E-state index in [0.717, 1.165) is 30.1 Å². The number of aromatic nitrogens is 2. The van der Waals surface area contributed by atoms with Crippen LogP contribution in [0.3, 0.4) is 0 Å². The average Bonchev–Trinajstić information content (AvgIpc) is 2.77. The van der Waals surface area contributed by atoms with Gasteiger partial charge in [-0.2, -0.15) is 0 Å². The van der Waals surface area contributed by atoms with E-state index in [4.69, 9.17) is 5.11 Å². The number of carbonyl (C=O) groups is 1. The minimum absolute atomic E-state index is 0.0606. The molecule has 0 fully saturated rings. The van der Waals surface area contributed by atoms with E-state index >= 15 is 0 Å². The van der Waals surface area contributed by atoms with Crippen LogP contribution in [0.25, 0.3) is 0 Å². The second kappa shape index (κ2) is 7.13. The summed E-state index contributed by atoms with van der Waals surface area (Å²) in [6.45, 7) is 6.29. The number of amides is 1. The minimum Gasteiger partial charge on any atom is -0.395 e. The first kappa shape index (κ1) is 13.8. The molecule has 0 aliphatic heterocycles. The monoisotopic (exact) mass is 255 g/mol. The maximum absolute atomic E-state index is 12.2. The van der Waals surface area contributed by atoms with Crippen LogP contribution < -0.4 is 0 Å². The van der Waals surface area contributed by atoms with Crippen LogP contribution in [-0.2, 0) is 6.42 Å². The second-order valence-electron chi connectivity index (χ2n) is 3.56. The predicted molar refractivity (Wildman–Crippen MR) is 67.1 cm³/mol. The standard InChI is InChI=1S/C11H17N3O2S/c1-3-5-9-10(17-13-12-9)11(16)14(6-4-2)7-8-15/h4,15H,2-3,5-8H2,1H3. The highest BCUT2D eigenvalue weighted by molar-refractivity contribution is 7.08. The fourth-order valence-corrected chi connectivity index (χ4v) is 2.14. The summed E-state index contributed by atoms with van der Waals surface area (Å²) in [6, 6.07) is 0. The van der Waals surface area contributed by atoms with Crippen LogP contribution in [0.15, 0.2) is 12.7 Å². The zero-order valence-corrected chi connectivity index (χ0v) is 10.7. The highest BCUT2D eigenvalue weighted by atomic mass is 32.1.